The highest BCUT2D eigenvalue weighted by molar-refractivity contribution is 5.60. The third-order valence-electron chi connectivity index (χ3n) is 4.01. The number of nitrogens with zero attached hydrogens (tertiary/aromatic N) is 5. The van der Waals surface area contributed by atoms with Crippen molar-refractivity contribution in [2.75, 3.05) is 18.9 Å². The molecule has 0 radical (unpaired) electrons. The summed E-state index contributed by atoms with van der Waals surface area (Å²) in [5, 5.41) is 15.5. The number of likely N-dealkylation sites (N-methyl/N-ethyl adjacent to an activating group) is 1. The second kappa shape index (κ2) is 9.39. The molecule has 2 N–H and O–H groups in total. The second-order valence-corrected chi connectivity index (χ2v) is 6.02. The van der Waals surface area contributed by atoms with Crippen LogP contribution in [0.5, 0.6) is 5.75 Å². The molecule has 1 atom stereocenters. The van der Waals surface area contributed by atoms with E-state index in [9.17, 15) is 5.26 Å². The standard InChI is InChI=1S/C20H21N7O/c1-3-16(13-22-2)28-19-8-15(12-24-18(19)9-21)27-20-25-10-14(11-26-20)17-6-4-5-7-23-17/h4-8,10-12,16,22H,3,13H2,1-2H3,(H,25,26,27). The first-order chi connectivity index (χ1) is 13.7. The van der Waals surface area contributed by atoms with E-state index in [4.69, 9.17) is 4.74 Å². The Morgan fingerprint density at radius 3 is 2.61 bits per heavy atom. The van der Waals surface area contributed by atoms with Crippen LogP contribution in [0.3, 0.4) is 0 Å². The fourth-order valence-electron chi connectivity index (χ4n) is 2.55. The first-order valence-corrected chi connectivity index (χ1v) is 8.95. The summed E-state index contributed by atoms with van der Waals surface area (Å²) >= 11 is 0. The molecule has 0 fully saturated rings. The van der Waals surface area contributed by atoms with Crippen molar-refractivity contribution in [3.63, 3.8) is 0 Å². The Kier molecular flexibility index (Phi) is 6.44. The van der Waals surface area contributed by atoms with Gasteiger partial charge in [-0.15, -0.1) is 0 Å². The van der Waals surface area contributed by atoms with Crippen LogP contribution >= 0.6 is 0 Å². The molecule has 0 aromatic carbocycles. The lowest BCUT2D eigenvalue weighted by atomic mass is 10.2. The lowest BCUT2D eigenvalue weighted by Crippen LogP contribution is -2.28. The minimum absolute atomic E-state index is 0.0527. The first kappa shape index (κ1) is 19.2. The molecule has 0 bridgehead atoms. The van der Waals surface area contributed by atoms with Gasteiger partial charge in [0, 0.05) is 36.8 Å². The van der Waals surface area contributed by atoms with E-state index in [1.165, 1.54) is 0 Å². The van der Waals surface area contributed by atoms with Gasteiger partial charge in [0.25, 0.3) is 0 Å². The minimum atomic E-state index is -0.0527. The molecule has 0 aliphatic carbocycles. The van der Waals surface area contributed by atoms with Crippen molar-refractivity contribution >= 4 is 11.6 Å². The van der Waals surface area contributed by atoms with Crippen molar-refractivity contribution < 1.29 is 4.74 Å². The van der Waals surface area contributed by atoms with Crippen molar-refractivity contribution in [1.29, 1.82) is 5.26 Å². The molecule has 28 heavy (non-hydrogen) atoms. The van der Waals surface area contributed by atoms with Crippen LogP contribution in [0, 0.1) is 11.3 Å². The zero-order valence-corrected chi connectivity index (χ0v) is 15.8. The van der Waals surface area contributed by atoms with E-state index in [1.54, 1.807) is 30.9 Å². The summed E-state index contributed by atoms with van der Waals surface area (Å²) in [5.41, 5.74) is 2.51. The van der Waals surface area contributed by atoms with E-state index in [-0.39, 0.29) is 11.8 Å². The largest absolute Gasteiger partial charge is 0.486 e. The Balaban J connectivity index is 1.77. The van der Waals surface area contributed by atoms with E-state index in [2.05, 4.69) is 36.6 Å². The molecule has 3 aromatic heterocycles. The zero-order valence-electron chi connectivity index (χ0n) is 15.8. The molecule has 3 rings (SSSR count). The number of rotatable bonds is 8. The summed E-state index contributed by atoms with van der Waals surface area (Å²) in [7, 11) is 1.86. The number of anilines is 2. The van der Waals surface area contributed by atoms with Crippen molar-refractivity contribution in [2.24, 2.45) is 0 Å². The lowest BCUT2D eigenvalue weighted by molar-refractivity contribution is 0.195. The van der Waals surface area contributed by atoms with Crippen LogP contribution in [0.1, 0.15) is 19.0 Å². The van der Waals surface area contributed by atoms with Gasteiger partial charge in [0.15, 0.2) is 11.4 Å². The van der Waals surface area contributed by atoms with E-state index in [0.29, 0.717) is 23.9 Å². The summed E-state index contributed by atoms with van der Waals surface area (Å²) < 4.78 is 5.94. The second-order valence-electron chi connectivity index (χ2n) is 6.02. The third kappa shape index (κ3) is 4.78. The van der Waals surface area contributed by atoms with Crippen LogP contribution in [-0.4, -0.2) is 39.6 Å². The number of aromatic nitrogens is 4. The molecule has 0 amide bonds. The SMILES string of the molecule is CCC(CNC)Oc1cc(Nc2ncc(-c3ccccn3)cn2)cnc1C#N. The van der Waals surface area contributed by atoms with E-state index in [1.807, 2.05) is 32.2 Å². The van der Waals surface area contributed by atoms with Gasteiger partial charge >= 0.3 is 0 Å². The molecule has 1 unspecified atom stereocenters. The quantitative estimate of drug-likeness (QED) is 0.619. The van der Waals surface area contributed by atoms with Crippen LogP contribution in [0.2, 0.25) is 0 Å². The Morgan fingerprint density at radius 2 is 1.96 bits per heavy atom. The van der Waals surface area contributed by atoms with Gasteiger partial charge in [0.2, 0.25) is 5.95 Å². The minimum Gasteiger partial charge on any atom is -0.486 e. The highest BCUT2D eigenvalue weighted by atomic mass is 16.5. The van der Waals surface area contributed by atoms with Gasteiger partial charge in [0.1, 0.15) is 12.2 Å². The van der Waals surface area contributed by atoms with Crippen molar-refractivity contribution in [2.45, 2.75) is 19.4 Å². The van der Waals surface area contributed by atoms with Crippen LogP contribution in [-0.2, 0) is 0 Å². The van der Waals surface area contributed by atoms with Gasteiger partial charge < -0.3 is 15.4 Å². The predicted octanol–water partition coefficient (Wildman–Crippen LogP) is 2.93. The van der Waals surface area contributed by atoms with Crippen molar-refractivity contribution in [3.8, 4) is 23.1 Å². The monoisotopic (exact) mass is 375 g/mol. The maximum absolute atomic E-state index is 9.29. The summed E-state index contributed by atoms with van der Waals surface area (Å²) in [4.78, 5) is 17.1. The zero-order chi connectivity index (χ0) is 19.8. The molecule has 3 aromatic rings. The molecular weight excluding hydrogens is 354 g/mol. The summed E-state index contributed by atoms with van der Waals surface area (Å²) in [6, 6.07) is 9.47. The van der Waals surface area contributed by atoms with Crippen LogP contribution in [0.15, 0.2) is 49.1 Å². The molecule has 0 saturated carbocycles. The maximum atomic E-state index is 9.29. The molecule has 0 aliphatic rings. The molecular formula is C20H21N7O. The van der Waals surface area contributed by atoms with Gasteiger partial charge in [-0.1, -0.05) is 13.0 Å². The number of pyridine rings is 2. The molecule has 3 heterocycles. The number of nitrogens with one attached hydrogen (secondary N) is 2. The van der Waals surface area contributed by atoms with Gasteiger partial charge in [-0.2, -0.15) is 5.26 Å². The highest BCUT2D eigenvalue weighted by Gasteiger charge is 2.13. The summed E-state index contributed by atoms with van der Waals surface area (Å²) in [6.07, 6.45) is 7.44. The fraction of sp³-hybridized carbons (Fsp3) is 0.250. The Labute approximate surface area is 163 Å². The Hall–Kier alpha value is -3.57. The number of hydrogen-bond donors (Lipinski definition) is 2. The van der Waals surface area contributed by atoms with Crippen LogP contribution < -0.4 is 15.4 Å². The summed E-state index contributed by atoms with van der Waals surface area (Å²) in [6.45, 7) is 2.71. The van der Waals surface area contributed by atoms with E-state index < -0.39 is 0 Å². The first-order valence-electron chi connectivity index (χ1n) is 8.95. The maximum Gasteiger partial charge on any atom is 0.227 e. The Morgan fingerprint density at radius 1 is 1.14 bits per heavy atom. The molecule has 0 aliphatic heterocycles. The molecule has 8 nitrogen and oxygen atoms in total. The fourth-order valence-corrected chi connectivity index (χ4v) is 2.55. The average molecular weight is 375 g/mol. The lowest BCUT2D eigenvalue weighted by Gasteiger charge is -2.18. The van der Waals surface area contributed by atoms with Gasteiger partial charge in [-0.25, -0.2) is 15.0 Å². The predicted molar refractivity (Wildman–Crippen MR) is 106 cm³/mol. The topological polar surface area (TPSA) is 109 Å². The van der Waals surface area contributed by atoms with Gasteiger partial charge in [0.05, 0.1) is 17.6 Å². The molecule has 8 heteroatoms. The normalized spacial score (nSPS) is 11.5. The van der Waals surface area contributed by atoms with Crippen LogP contribution in [0.4, 0.5) is 11.6 Å². The number of nitriles is 1. The molecule has 0 saturated heterocycles. The van der Waals surface area contributed by atoms with Gasteiger partial charge in [-0.05, 0) is 25.6 Å². The van der Waals surface area contributed by atoms with Crippen LogP contribution in [0.25, 0.3) is 11.3 Å². The number of ether oxygens (including phenoxy) is 1. The molecule has 142 valence electrons. The van der Waals surface area contributed by atoms with Gasteiger partial charge in [-0.3, -0.25) is 4.98 Å². The highest BCUT2D eigenvalue weighted by Crippen LogP contribution is 2.24. The van der Waals surface area contributed by atoms with E-state index in [0.717, 1.165) is 17.7 Å². The van der Waals surface area contributed by atoms with E-state index >= 15 is 0 Å². The average Bonchev–Trinajstić information content (AvgIpc) is 2.75. The summed E-state index contributed by atoms with van der Waals surface area (Å²) in [5.74, 6) is 0.846. The third-order valence-corrected chi connectivity index (χ3v) is 4.01. The van der Waals surface area contributed by atoms with Crippen molar-refractivity contribution in [3.05, 3.63) is 54.7 Å². The number of hydrogen-bond acceptors (Lipinski definition) is 8. The Bertz CT molecular complexity index is 939. The molecule has 0 spiro atoms. The smallest absolute Gasteiger partial charge is 0.227 e. The van der Waals surface area contributed by atoms with Crippen molar-refractivity contribution in [1.82, 2.24) is 25.3 Å².